The third-order valence-corrected chi connectivity index (χ3v) is 8.58. The number of esters is 2. The number of phosphoric acid groups is 1. The lowest BCUT2D eigenvalue weighted by molar-refractivity contribution is -0.153. The second-order valence-electron chi connectivity index (χ2n) is 12.5. The van der Waals surface area contributed by atoms with Gasteiger partial charge in [-0.15, -0.1) is 0 Å². The van der Waals surface area contributed by atoms with E-state index in [1.807, 2.05) is 18.2 Å². The number of ether oxygens (including phenoxy) is 2. The molecule has 0 aromatic heterocycles. The summed E-state index contributed by atoms with van der Waals surface area (Å²) in [5.74, 6) is -1.18. The number of aliphatic hydroxyl groups is 2. The van der Waals surface area contributed by atoms with Crippen molar-refractivity contribution in [3.05, 3.63) is 85.1 Å². The lowest BCUT2D eigenvalue weighted by Gasteiger charge is -2.20. The van der Waals surface area contributed by atoms with E-state index in [4.69, 9.17) is 18.5 Å². The van der Waals surface area contributed by atoms with Crippen molar-refractivity contribution in [2.75, 3.05) is 26.4 Å². The first-order chi connectivity index (χ1) is 25.8. The normalized spacial score (nSPS) is 14.9. The maximum absolute atomic E-state index is 12.3. The molecule has 0 amide bonds. The first-order valence-corrected chi connectivity index (χ1v) is 21.0. The number of unbranched alkanes of at least 4 members (excludes halogenated alkanes) is 8. The van der Waals surface area contributed by atoms with Gasteiger partial charge in [0.25, 0.3) is 0 Å². The fourth-order valence-electron chi connectivity index (χ4n) is 4.63. The van der Waals surface area contributed by atoms with Crippen molar-refractivity contribution < 1.29 is 47.8 Å². The predicted octanol–water partition coefficient (Wildman–Crippen LogP) is 9.88. The van der Waals surface area contributed by atoms with E-state index in [2.05, 4.69) is 74.6 Å². The molecule has 0 heterocycles. The van der Waals surface area contributed by atoms with Crippen molar-refractivity contribution >= 4 is 19.8 Å². The summed E-state index contributed by atoms with van der Waals surface area (Å²) in [5, 5.41) is 19.1. The topological polar surface area (TPSA) is 149 Å². The average molecular weight is 765 g/mol. The second kappa shape index (κ2) is 37.5. The van der Waals surface area contributed by atoms with Crippen molar-refractivity contribution in [2.24, 2.45) is 0 Å². The van der Waals surface area contributed by atoms with Gasteiger partial charge < -0.3 is 24.6 Å². The molecule has 0 aliphatic heterocycles. The Balaban J connectivity index is 4.12. The van der Waals surface area contributed by atoms with Crippen LogP contribution in [-0.4, -0.2) is 65.7 Å². The van der Waals surface area contributed by atoms with E-state index in [0.717, 1.165) is 70.6 Å². The summed E-state index contributed by atoms with van der Waals surface area (Å²) in [7, 11) is -4.67. The van der Waals surface area contributed by atoms with Gasteiger partial charge in [-0.05, 0) is 70.6 Å². The maximum Gasteiger partial charge on any atom is 0.472 e. The van der Waals surface area contributed by atoms with Crippen LogP contribution >= 0.6 is 7.82 Å². The zero-order valence-electron chi connectivity index (χ0n) is 32.4. The standard InChI is InChI=1S/C42H69O10P/c1-3-5-7-9-11-13-15-17-19-21-23-25-27-29-31-33-41(45)51-39(35-43)37-49-53(47,48)50-38-40(36-44)52-42(46)34-32-30-28-26-24-22-20-18-16-14-12-10-8-6-4-2/h5,7,11-14,17-20,23,25,29,31,39-40,43-44H,3-4,6,8-10,15-16,21-22,24,26-28,30,32-38H2,1-2H3,(H,47,48)/b7-5-,13-11-,14-12-,19-17-,20-18-,25-23-,31-29-. The molecule has 0 rings (SSSR count). The predicted molar refractivity (Wildman–Crippen MR) is 214 cm³/mol. The van der Waals surface area contributed by atoms with Gasteiger partial charge in [0.15, 0.2) is 0 Å². The molecule has 0 aliphatic rings. The molecule has 3 unspecified atom stereocenters. The van der Waals surface area contributed by atoms with E-state index in [1.54, 1.807) is 6.08 Å². The maximum atomic E-state index is 12.3. The third-order valence-electron chi connectivity index (χ3n) is 7.62. The summed E-state index contributed by atoms with van der Waals surface area (Å²) in [6.07, 6.45) is 43.0. The molecular formula is C42H69O10P. The van der Waals surface area contributed by atoms with E-state index < -0.39 is 58.4 Å². The molecule has 0 aliphatic carbocycles. The van der Waals surface area contributed by atoms with Crippen molar-refractivity contribution in [3.8, 4) is 0 Å². The van der Waals surface area contributed by atoms with Crippen LogP contribution in [0.3, 0.4) is 0 Å². The zero-order valence-corrected chi connectivity index (χ0v) is 33.3. The van der Waals surface area contributed by atoms with Gasteiger partial charge in [0.05, 0.1) is 32.8 Å². The van der Waals surface area contributed by atoms with Crippen molar-refractivity contribution in [1.29, 1.82) is 0 Å². The first kappa shape index (κ1) is 50.1. The van der Waals surface area contributed by atoms with Gasteiger partial charge in [0.1, 0.15) is 12.2 Å². The molecule has 0 spiro atoms. The number of hydrogen-bond donors (Lipinski definition) is 3. The molecule has 0 aromatic rings. The third kappa shape index (κ3) is 35.9. The summed E-state index contributed by atoms with van der Waals surface area (Å²) in [4.78, 5) is 34.3. The largest absolute Gasteiger partial charge is 0.472 e. The highest BCUT2D eigenvalue weighted by Crippen LogP contribution is 2.43. The van der Waals surface area contributed by atoms with E-state index in [1.165, 1.54) is 19.3 Å². The van der Waals surface area contributed by atoms with Crippen LogP contribution in [0.25, 0.3) is 0 Å². The Hall–Kier alpha value is -2.85. The molecule has 0 radical (unpaired) electrons. The number of carbonyl (C=O) groups excluding carboxylic acids is 2. The van der Waals surface area contributed by atoms with E-state index in [0.29, 0.717) is 12.8 Å². The Morgan fingerprint density at radius 3 is 1.45 bits per heavy atom. The molecule has 3 atom stereocenters. The molecule has 0 saturated carbocycles. The number of hydrogen-bond acceptors (Lipinski definition) is 9. The highest BCUT2D eigenvalue weighted by molar-refractivity contribution is 7.47. The zero-order chi connectivity index (χ0) is 39.1. The van der Waals surface area contributed by atoms with Crippen LogP contribution in [0.5, 0.6) is 0 Å². The van der Waals surface area contributed by atoms with Gasteiger partial charge in [-0.25, -0.2) is 4.57 Å². The first-order valence-electron chi connectivity index (χ1n) is 19.5. The Labute approximate surface area is 320 Å². The van der Waals surface area contributed by atoms with Gasteiger partial charge in [-0.3, -0.25) is 18.6 Å². The van der Waals surface area contributed by atoms with Crippen LogP contribution in [0.1, 0.15) is 129 Å². The Bertz CT molecular complexity index is 1150. The second-order valence-corrected chi connectivity index (χ2v) is 14.0. The van der Waals surface area contributed by atoms with Gasteiger partial charge >= 0.3 is 19.8 Å². The Morgan fingerprint density at radius 1 is 0.547 bits per heavy atom. The fourth-order valence-corrected chi connectivity index (χ4v) is 5.41. The number of allylic oxidation sites excluding steroid dienone is 13. The van der Waals surface area contributed by atoms with Gasteiger partial charge in [-0.1, -0.05) is 131 Å². The highest BCUT2D eigenvalue weighted by Gasteiger charge is 2.27. The lowest BCUT2D eigenvalue weighted by atomic mass is 10.1. The van der Waals surface area contributed by atoms with Crippen LogP contribution in [0.4, 0.5) is 0 Å². The molecular weight excluding hydrogens is 695 g/mol. The smallest absolute Gasteiger partial charge is 0.457 e. The number of phosphoric ester groups is 1. The quantitative estimate of drug-likeness (QED) is 0.0246. The molecule has 0 saturated heterocycles. The summed E-state index contributed by atoms with van der Waals surface area (Å²) >= 11 is 0. The average Bonchev–Trinajstić information content (AvgIpc) is 3.14. The van der Waals surface area contributed by atoms with Gasteiger partial charge in [0, 0.05) is 6.42 Å². The minimum absolute atomic E-state index is 0.0456. The van der Waals surface area contributed by atoms with Crippen LogP contribution in [0.15, 0.2) is 85.1 Å². The van der Waals surface area contributed by atoms with E-state index in [9.17, 15) is 29.3 Å². The van der Waals surface area contributed by atoms with Gasteiger partial charge in [-0.2, -0.15) is 0 Å². The van der Waals surface area contributed by atoms with Gasteiger partial charge in [0.2, 0.25) is 0 Å². The number of rotatable bonds is 35. The summed E-state index contributed by atoms with van der Waals surface area (Å²) in [5.41, 5.74) is 0. The number of carbonyl (C=O) groups is 2. The van der Waals surface area contributed by atoms with Crippen LogP contribution < -0.4 is 0 Å². The van der Waals surface area contributed by atoms with E-state index in [-0.39, 0.29) is 12.8 Å². The molecule has 302 valence electrons. The Kier molecular flexibility index (Phi) is 35.5. The fraction of sp³-hybridized carbons (Fsp3) is 0.619. The van der Waals surface area contributed by atoms with Crippen LogP contribution in [0, 0.1) is 0 Å². The molecule has 3 N–H and O–H groups in total. The van der Waals surface area contributed by atoms with E-state index >= 15 is 0 Å². The molecule has 0 aromatic carbocycles. The molecule has 11 heteroatoms. The van der Waals surface area contributed by atoms with Crippen molar-refractivity contribution in [3.63, 3.8) is 0 Å². The highest BCUT2D eigenvalue weighted by atomic mass is 31.2. The van der Waals surface area contributed by atoms with Crippen molar-refractivity contribution in [1.82, 2.24) is 0 Å². The summed E-state index contributed by atoms with van der Waals surface area (Å²) in [6.45, 7) is 1.90. The lowest BCUT2D eigenvalue weighted by Crippen LogP contribution is -2.28. The van der Waals surface area contributed by atoms with Crippen LogP contribution in [0.2, 0.25) is 0 Å². The monoisotopic (exact) mass is 764 g/mol. The molecule has 10 nitrogen and oxygen atoms in total. The van der Waals surface area contributed by atoms with Crippen molar-refractivity contribution in [2.45, 2.75) is 142 Å². The summed E-state index contributed by atoms with van der Waals surface area (Å²) in [6, 6.07) is 0. The Morgan fingerprint density at radius 2 is 0.962 bits per heavy atom. The SMILES string of the molecule is CC/C=C\C/C=C\C/C=C\C/C=C\C/C=C\CC(=O)OC(CO)COP(=O)(O)OCC(CO)OC(=O)CCCCCCC/C=C\C/C=C\CCCCC. The van der Waals surface area contributed by atoms with Crippen LogP contribution in [-0.2, 0) is 32.7 Å². The molecule has 53 heavy (non-hydrogen) atoms. The molecule has 0 bridgehead atoms. The minimum Gasteiger partial charge on any atom is -0.457 e. The number of aliphatic hydroxyl groups excluding tert-OH is 2. The molecule has 0 fully saturated rings. The summed E-state index contributed by atoms with van der Waals surface area (Å²) < 4.78 is 32.3. The minimum atomic E-state index is -4.67.